The average molecular weight is 276 g/mol. The van der Waals surface area contributed by atoms with Gasteiger partial charge in [-0.3, -0.25) is 9.59 Å². The fourth-order valence-corrected chi connectivity index (χ4v) is 1.93. The van der Waals surface area contributed by atoms with E-state index < -0.39 is 0 Å². The van der Waals surface area contributed by atoms with Crippen molar-refractivity contribution in [2.24, 2.45) is 0 Å². The number of hydrogen-bond acceptors (Lipinski definition) is 2. The number of carbonyl (C=O) groups excluding carboxylic acids is 2. The Hall–Kier alpha value is -1.84. The predicted molar refractivity (Wildman–Crippen MR) is 80.4 cm³/mol. The number of unbranched alkanes of at least 4 members (excludes halogenated alkanes) is 1. The Morgan fingerprint density at radius 3 is 2.30 bits per heavy atom. The number of nitrogens with zero attached hydrogens (tertiary/aromatic N) is 1. The van der Waals surface area contributed by atoms with Gasteiger partial charge in [-0.15, -0.1) is 0 Å². The SMILES string of the molecule is CCCCN(CC)C(=O)c1ccc(CNC(C)=O)cc1. The Balaban J connectivity index is 2.66. The molecule has 0 fully saturated rings. The molecule has 0 aliphatic rings. The molecule has 0 aliphatic carbocycles. The Morgan fingerprint density at radius 2 is 1.80 bits per heavy atom. The zero-order valence-corrected chi connectivity index (χ0v) is 12.6. The van der Waals surface area contributed by atoms with E-state index in [1.807, 2.05) is 36.1 Å². The quantitative estimate of drug-likeness (QED) is 0.832. The van der Waals surface area contributed by atoms with Crippen LogP contribution >= 0.6 is 0 Å². The first kappa shape index (κ1) is 16.2. The van der Waals surface area contributed by atoms with E-state index in [9.17, 15) is 9.59 Å². The summed E-state index contributed by atoms with van der Waals surface area (Å²) in [5, 5.41) is 2.74. The van der Waals surface area contributed by atoms with Gasteiger partial charge >= 0.3 is 0 Å². The van der Waals surface area contributed by atoms with Crippen LogP contribution in [0.25, 0.3) is 0 Å². The van der Waals surface area contributed by atoms with Gasteiger partial charge in [0.25, 0.3) is 5.91 Å². The third-order valence-electron chi connectivity index (χ3n) is 3.19. The second kappa shape index (κ2) is 8.35. The van der Waals surface area contributed by atoms with E-state index in [0.29, 0.717) is 12.1 Å². The maximum atomic E-state index is 12.3. The summed E-state index contributed by atoms with van der Waals surface area (Å²) in [5.74, 6) is 0.0221. The third-order valence-corrected chi connectivity index (χ3v) is 3.19. The molecular weight excluding hydrogens is 252 g/mol. The first-order chi connectivity index (χ1) is 9.58. The molecular formula is C16H24N2O2. The van der Waals surface area contributed by atoms with Gasteiger partial charge in [-0.1, -0.05) is 25.5 Å². The maximum Gasteiger partial charge on any atom is 0.253 e. The lowest BCUT2D eigenvalue weighted by Crippen LogP contribution is -2.31. The zero-order valence-electron chi connectivity index (χ0n) is 12.6. The van der Waals surface area contributed by atoms with Gasteiger partial charge in [0.2, 0.25) is 5.91 Å². The molecule has 2 amide bonds. The van der Waals surface area contributed by atoms with Gasteiger partial charge < -0.3 is 10.2 Å². The monoisotopic (exact) mass is 276 g/mol. The summed E-state index contributed by atoms with van der Waals surface area (Å²) in [4.78, 5) is 25.0. The lowest BCUT2D eigenvalue weighted by Gasteiger charge is -2.20. The minimum atomic E-state index is -0.0538. The standard InChI is InChI=1S/C16H24N2O2/c1-4-6-11-18(5-2)16(20)15-9-7-14(8-10-15)12-17-13(3)19/h7-10H,4-6,11-12H2,1-3H3,(H,17,19). The number of benzene rings is 1. The molecule has 1 N–H and O–H groups in total. The second-order valence-corrected chi connectivity index (χ2v) is 4.85. The van der Waals surface area contributed by atoms with E-state index in [1.54, 1.807) is 0 Å². The molecule has 0 atom stereocenters. The lowest BCUT2D eigenvalue weighted by atomic mass is 10.1. The maximum absolute atomic E-state index is 12.3. The molecule has 0 spiro atoms. The fraction of sp³-hybridized carbons (Fsp3) is 0.500. The first-order valence-corrected chi connectivity index (χ1v) is 7.21. The minimum absolute atomic E-state index is 0.0538. The average Bonchev–Trinajstić information content (AvgIpc) is 2.46. The molecule has 0 saturated heterocycles. The van der Waals surface area contributed by atoms with Crippen molar-refractivity contribution in [1.82, 2.24) is 10.2 Å². The summed E-state index contributed by atoms with van der Waals surface area (Å²) in [6.45, 7) is 7.64. The molecule has 4 heteroatoms. The Kier molecular flexibility index (Phi) is 6.77. The van der Waals surface area contributed by atoms with Crippen molar-refractivity contribution >= 4 is 11.8 Å². The van der Waals surface area contributed by atoms with Crippen molar-refractivity contribution in [3.63, 3.8) is 0 Å². The largest absolute Gasteiger partial charge is 0.352 e. The topological polar surface area (TPSA) is 49.4 Å². The summed E-state index contributed by atoms with van der Waals surface area (Å²) in [7, 11) is 0. The highest BCUT2D eigenvalue weighted by Gasteiger charge is 2.13. The van der Waals surface area contributed by atoms with E-state index in [-0.39, 0.29) is 11.8 Å². The molecule has 0 saturated carbocycles. The van der Waals surface area contributed by atoms with Crippen LogP contribution in [0.15, 0.2) is 24.3 Å². The Labute approximate surface area is 121 Å². The molecule has 0 radical (unpaired) electrons. The summed E-state index contributed by atoms with van der Waals surface area (Å²) in [5.41, 5.74) is 1.70. The van der Waals surface area contributed by atoms with Crippen LogP contribution in [0.1, 0.15) is 49.5 Å². The van der Waals surface area contributed by atoms with Gasteiger partial charge in [0, 0.05) is 32.1 Å². The Morgan fingerprint density at radius 1 is 1.15 bits per heavy atom. The number of rotatable bonds is 7. The minimum Gasteiger partial charge on any atom is -0.352 e. The zero-order chi connectivity index (χ0) is 15.0. The summed E-state index contributed by atoms with van der Waals surface area (Å²) in [6, 6.07) is 7.43. The van der Waals surface area contributed by atoms with Crippen LogP contribution in [0.4, 0.5) is 0 Å². The molecule has 1 aromatic rings. The van der Waals surface area contributed by atoms with E-state index in [1.165, 1.54) is 6.92 Å². The van der Waals surface area contributed by atoms with E-state index in [4.69, 9.17) is 0 Å². The van der Waals surface area contributed by atoms with Crippen molar-refractivity contribution in [3.05, 3.63) is 35.4 Å². The summed E-state index contributed by atoms with van der Waals surface area (Å²) >= 11 is 0. The van der Waals surface area contributed by atoms with Crippen molar-refractivity contribution < 1.29 is 9.59 Å². The van der Waals surface area contributed by atoms with Crippen LogP contribution in [0.5, 0.6) is 0 Å². The highest BCUT2D eigenvalue weighted by molar-refractivity contribution is 5.94. The molecule has 110 valence electrons. The molecule has 0 unspecified atom stereocenters. The van der Waals surface area contributed by atoms with Crippen molar-refractivity contribution in [1.29, 1.82) is 0 Å². The smallest absolute Gasteiger partial charge is 0.253 e. The van der Waals surface area contributed by atoms with Crippen molar-refractivity contribution in [3.8, 4) is 0 Å². The molecule has 0 aromatic heterocycles. The van der Waals surface area contributed by atoms with Gasteiger partial charge in [0.1, 0.15) is 0 Å². The van der Waals surface area contributed by atoms with E-state index in [2.05, 4.69) is 12.2 Å². The third kappa shape index (κ3) is 5.03. The number of amides is 2. The first-order valence-electron chi connectivity index (χ1n) is 7.21. The summed E-state index contributed by atoms with van der Waals surface area (Å²) < 4.78 is 0. The van der Waals surface area contributed by atoms with Crippen LogP contribution in [-0.4, -0.2) is 29.8 Å². The highest BCUT2D eigenvalue weighted by Crippen LogP contribution is 2.09. The molecule has 4 nitrogen and oxygen atoms in total. The lowest BCUT2D eigenvalue weighted by molar-refractivity contribution is -0.119. The van der Waals surface area contributed by atoms with Crippen LogP contribution in [-0.2, 0) is 11.3 Å². The van der Waals surface area contributed by atoms with E-state index >= 15 is 0 Å². The summed E-state index contributed by atoms with van der Waals surface area (Å²) in [6.07, 6.45) is 2.11. The number of hydrogen-bond donors (Lipinski definition) is 1. The van der Waals surface area contributed by atoms with Gasteiger partial charge in [-0.25, -0.2) is 0 Å². The normalized spacial score (nSPS) is 10.2. The van der Waals surface area contributed by atoms with Gasteiger partial charge in [-0.2, -0.15) is 0 Å². The van der Waals surface area contributed by atoms with Crippen LogP contribution in [0, 0.1) is 0 Å². The van der Waals surface area contributed by atoms with Gasteiger partial charge in [0.15, 0.2) is 0 Å². The van der Waals surface area contributed by atoms with Gasteiger partial charge in [-0.05, 0) is 31.0 Å². The predicted octanol–water partition coefficient (Wildman–Crippen LogP) is 2.58. The molecule has 1 rings (SSSR count). The van der Waals surface area contributed by atoms with Crippen LogP contribution in [0.2, 0.25) is 0 Å². The molecule has 20 heavy (non-hydrogen) atoms. The Bertz CT molecular complexity index is 440. The fourth-order valence-electron chi connectivity index (χ4n) is 1.93. The number of carbonyl (C=O) groups is 2. The second-order valence-electron chi connectivity index (χ2n) is 4.85. The van der Waals surface area contributed by atoms with Crippen LogP contribution in [0.3, 0.4) is 0 Å². The molecule has 0 heterocycles. The molecule has 0 bridgehead atoms. The van der Waals surface area contributed by atoms with Crippen LogP contribution < -0.4 is 5.32 Å². The molecule has 0 aliphatic heterocycles. The number of nitrogens with one attached hydrogen (secondary N) is 1. The molecule has 1 aromatic carbocycles. The highest BCUT2D eigenvalue weighted by atomic mass is 16.2. The van der Waals surface area contributed by atoms with E-state index in [0.717, 1.165) is 31.5 Å². The van der Waals surface area contributed by atoms with Crippen molar-refractivity contribution in [2.45, 2.75) is 40.2 Å². The van der Waals surface area contributed by atoms with Crippen molar-refractivity contribution in [2.75, 3.05) is 13.1 Å². The van der Waals surface area contributed by atoms with Gasteiger partial charge in [0.05, 0.1) is 0 Å².